The normalized spacial score (nSPS) is 19.2. The molecule has 0 spiro atoms. The van der Waals surface area contributed by atoms with Gasteiger partial charge in [0.2, 0.25) is 0 Å². The molecule has 0 aromatic carbocycles. The SMILES string of the molecule is CC(=O)C1C(=O)C(C)=C(C)C1=O. The summed E-state index contributed by atoms with van der Waals surface area (Å²) in [6.07, 6.45) is 0. The van der Waals surface area contributed by atoms with Crippen LogP contribution >= 0.6 is 0 Å². The van der Waals surface area contributed by atoms with Crippen LogP contribution in [0, 0.1) is 5.92 Å². The number of rotatable bonds is 1. The number of carbonyl (C=O) groups excluding carboxylic acids is 3. The summed E-state index contributed by atoms with van der Waals surface area (Å²) in [5, 5.41) is 0. The third-order valence-electron chi connectivity index (χ3n) is 2.23. The molecule has 12 heavy (non-hydrogen) atoms. The topological polar surface area (TPSA) is 51.2 Å². The Morgan fingerprint density at radius 3 is 1.58 bits per heavy atom. The molecular formula is C9H10O3. The summed E-state index contributed by atoms with van der Waals surface area (Å²) in [5.74, 6) is -2.05. The van der Waals surface area contributed by atoms with Gasteiger partial charge in [-0.25, -0.2) is 0 Å². The van der Waals surface area contributed by atoms with Crippen molar-refractivity contribution in [1.82, 2.24) is 0 Å². The second kappa shape index (κ2) is 2.66. The summed E-state index contributed by atoms with van der Waals surface area (Å²) < 4.78 is 0. The van der Waals surface area contributed by atoms with Crippen LogP contribution in [0.3, 0.4) is 0 Å². The van der Waals surface area contributed by atoms with E-state index in [2.05, 4.69) is 0 Å². The van der Waals surface area contributed by atoms with Crippen molar-refractivity contribution in [1.29, 1.82) is 0 Å². The van der Waals surface area contributed by atoms with Crippen LogP contribution in [0.4, 0.5) is 0 Å². The summed E-state index contributed by atoms with van der Waals surface area (Å²) in [4.78, 5) is 33.4. The molecule has 3 heteroatoms. The minimum atomic E-state index is -1.04. The summed E-state index contributed by atoms with van der Waals surface area (Å²) in [6.45, 7) is 4.43. The lowest BCUT2D eigenvalue weighted by molar-refractivity contribution is -0.134. The van der Waals surface area contributed by atoms with Crippen molar-refractivity contribution in [3.05, 3.63) is 11.1 Å². The maximum Gasteiger partial charge on any atom is 0.177 e. The Labute approximate surface area is 70.4 Å². The first kappa shape index (κ1) is 8.84. The van der Waals surface area contributed by atoms with Gasteiger partial charge in [-0.15, -0.1) is 0 Å². The molecule has 0 saturated heterocycles. The third kappa shape index (κ3) is 1.02. The second-order valence-electron chi connectivity index (χ2n) is 3.02. The highest BCUT2D eigenvalue weighted by atomic mass is 16.2. The van der Waals surface area contributed by atoms with Crippen LogP contribution in [0.1, 0.15) is 20.8 Å². The van der Waals surface area contributed by atoms with Crippen molar-refractivity contribution in [2.24, 2.45) is 5.92 Å². The zero-order chi connectivity index (χ0) is 9.46. The Morgan fingerprint density at radius 1 is 1.08 bits per heavy atom. The van der Waals surface area contributed by atoms with Crippen molar-refractivity contribution in [3.8, 4) is 0 Å². The van der Waals surface area contributed by atoms with E-state index in [1.807, 2.05) is 0 Å². The van der Waals surface area contributed by atoms with Crippen molar-refractivity contribution in [3.63, 3.8) is 0 Å². The van der Waals surface area contributed by atoms with Gasteiger partial charge >= 0.3 is 0 Å². The predicted octanol–water partition coefficient (Wildman–Crippen LogP) is 0.680. The number of hydrogen-bond donors (Lipinski definition) is 0. The number of carbonyl (C=O) groups is 3. The Bertz CT molecular complexity index is 286. The van der Waals surface area contributed by atoms with Crippen LogP contribution in [-0.2, 0) is 14.4 Å². The van der Waals surface area contributed by atoms with E-state index in [0.717, 1.165) is 0 Å². The van der Waals surface area contributed by atoms with E-state index in [1.165, 1.54) is 6.92 Å². The van der Waals surface area contributed by atoms with Gasteiger partial charge in [0.25, 0.3) is 0 Å². The highest BCUT2D eigenvalue weighted by molar-refractivity contribution is 6.33. The molecule has 0 radical (unpaired) electrons. The van der Waals surface area contributed by atoms with Gasteiger partial charge in [0.05, 0.1) is 0 Å². The quantitative estimate of drug-likeness (QED) is 0.538. The van der Waals surface area contributed by atoms with Crippen molar-refractivity contribution >= 4 is 17.3 Å². The first-order chi connectivity index (χ1) is 5.46. The van der Waals surface area contributed by atoms with E-state index in [1.54, 1.807) is 13.8 Å². The standard InChI is InChI=1S/C9H10O3/c1-4-5(2)9(12)7(6(3)10)8(4)11/h7H,1-3H3. The van der Waals surface area contributed by atoms with Gasteiger partial charge in [-0.3, -0.25) is 14.4 Å². The molecule has 1 aliphatic carbocycles. The van der Waals surface area contributed by atoms with Crippen LogP contribution < -0.4 is 0 Å². The molecule has 0 aromatic rings. The van der Waals surface area contributed by atoms with Gasteiger partial charge in [-0.2, -0.15) is 0 Å². The molecule has 0 aliphatic heterocycles. The smallest absolute Gasteiger partial charge is 0.177 e. The van der Waals surface area contributed by atoms with Gasteiger partial charge < -0.3 is 0 Å². The van der Waals surface area contributed by atoms with Crippen LogP contribution in [0.2, 0.25) is 0 Å². The molecule has 1 rings (SSSR count). The molecule has 0 unspecified atom stereocenters. The molecule has 0 amide bonds. The lowest BCUT2D eigenvalue weighted by atomic mass is 9.99. The Balaban J connectivity index is 3.12. The molecule has 0 heterocycles. The van der Waals surface area contributed by atoms with E-state index in [9.17, 15) is 14.4 Å². The predicted molar refractivity (Wildman–Crippen MR) is 42.6 cm³/mol. The molecule has 0 atom stereocenters. The fourth-order valence-corrected chi connectivity index (χ4v) is 1.29. The van der Waals surface area contributed by atoms with Gasteiger partial charge in [-0.05, 0) is 31.9 Å². The van der Waals surface area contributed by atoms with Gasteiger partial charge in [-0.1, -0.05) is 0 Å². The van der Waals surface area contributed by atoms with Crippen LogP contribution in [0.15, 0.2) is 11.1 Å². The molecular weight excluding hydrogens is 156 g/mol. The number of ketones is 3. The fourth-order valence-electron chi connectivity index (χ4n) is 1.29. The molecule has 0 bridgehead atoms. The molecule has 3 nitrogen and oxygen atoms in total. The molecule has 1 aliphatic rings. The van der Waals surface area contributed by atoms with Crippen LogP contribution in [0.5, 0.6) is 0 Å². The van der Waals surface area contributed by atoms with E-state index in [0.29, 0.717) is 11.1 Å². The van der Waals surface area contributed by atoms with Crippen molar-refractivity contribution < 1.29 is 14.4 Å². The first-order valence-corrected chi connectivity index (χ1v) is 3.73. The number of Topliss-reactive ketones (excluding diaryl/α,β-unsaturated/α-hetero) is 3. The van der Waals surface area contributed by atoms with Crippen LogP contribution in [0.25, 0.3) is 0 Å². The average molecular weight is 166 g/mol. The monoisotopic (exact) mass is 166 g/mol. The molecule has 0 N–H and O–H groups in total. The minimum absolute atomic E-state index is 0.329. The number of hydrogen-bond acceptors (Lipinski definition) is 3. The van der Waals surface area contributed by atoms with E-state index < -0.39 is 5.92 Å². The summed E-state index contributed by atoms with van der Waals surface area (Å²) in [7, 11) is 0. The Hall–Kier alpha value is -1.25. The van der Waals surface area contributed by atoms with E-state index >= 15 is 0 Å². The Morgan fingerprint density at radius 2 is 1.42 bits per heavy atom. The van der Waals surface area contributed by atoms with Crippen molar-refractivity contribution in [2.75, 3.05) is 0 Å². The zero-order valence-corrected chi connectivity index (χ0v) is 7.30. The lowest BCUT2D eigenvalue weighted by Crippen LogP contribution is -2.24. The average Bonchev–Trinajstić information content (AvgIpc) is 2.16. The molecule has 0 aromatic heterocycles. The largest absolute Gasteiger partial charge is 0.299 e. The fraction of sp³-hybridized carbons (Fsp3) is 0.444. The maximum absolute atomic E-state index is 11.3. The molecule has 0 fully saturated rings. The second-order valence-corrected chi connectivity index (χ2v) is 3.02. The Kier molecular flexibility index (Phi) is 1.96. The zero-order valence-electron chi connectivity index (χ0n) is 7.30. The van der Waals surface area contributed by atoms with E-state index in [-0.39, 0.29) is 17.3 Å². The first-order valence-electron chi connectivity index (χ1n) is 3.73. The third-order valence-corrected chi connectivity index (χ3v) is 2.23. The van der Waals surface area contributed by atoms with Crippen LogP contribution in [-0.4, -0.2) is 17.3 Å². The van der Waals surface area contributed by atoms with Gasteiger partial charge in [0.1, 0.15) is 11.7 Å². The summed E-state index contributed by atoms with van der Waals surface area (Å²) in [5.41, 5.74) is 0.861. The van der Waals surface area contributed by atoms with Gasteiger partial charge in [0, 0.05) is 0 Å². The highest BCUT2D eigenvalue weighted by Gasteiger charge is 2.39. The maximum atomic E-state index is 11.3. The lowest BCUT2D eigenvalue weighted by Gasteiger charge is -2.00. The van der Waals surface area contributed by atoms with E-state index in [4.69, 9.17) is 0 Å². The van der Waals surface area contributed by atoms with Gasteiger partial charge in [0.15, 0.2) is 11.6 Å². The molecule has 64 valence electrons. The minimum Gasteiger partial charge on any atom is -0.299 e. The highest BCUT2D eigenvalue weighted by Crippen LogP contribution is 2.24. The molecule has 0 saturated carbocycles. The summed E-state index contributed by atoms with van der Waals surface area (Å²) in [6, 6.07) is 0. The summed E-state index contributed by atoms with van der Waals surface area (Å²) >= 11 is 0. The van der Waals surface area contributed by atoms with Crippen molar-refractivity contribution in [2.45, 2.75) is 20.8 Å². The number of allylic oxidation sites excluding steroid dienone is 2.